The molecule has 2 rings (SSSR count). The third-order valence-corrected chi connectivity index (χ3v) is 4.57. The molecular weight excluding hydrogens is 362 g/mol. The quantitative estimate of drug-likeness (QED) is 0.774. The minimum Gasteiger partial charge on any atom is -0.494 e. The van der Waals surface area contributed by atoms with E-state index in [4.69, 9.17) is 9.47 Å². The summed E-state index contributed by atoms with van der Waals surface area (Å²) >= 11 is 0. The van der Waals surface area contributed by atoms with Crippen molar-refractivity contribution < 1.29 is 23.9 Å². The van der Waals surface area contributed by atoms with Gasteiger partial charge in [-0.05, 0) is 33.8 Å². The molecule has 0 aliphatic carbocycles. The van der Waals surface area contributed by atoms with Crippen LogP contribution in [0.4, 0.5) is 4.79 Å². The average Bonchev–Trinajstić information content (AvgIpc) is 2.69. The number of rotatable bonds is 5. The van der Waals surface area contributed by atoms with Gasteiger partial charge < -0.3 is 24.6 Å². The molecule has 0 aromatic heterocycles. The highest BCUT2D eigenvalue weighted by molar-refractivity contribution is 6.35. The van der Waals surface area contributed by atoms with Gasteiger partial charge in [-0.15, -0.1) is 0 Å². The van der Waals surface area contributed by atoms with Crippen LogP contribution < -0.4 is 10.1 Å². The van der Waals surface area contributed by atoms with E-state index in [0.29, 0.717) is 45.1 Å². The zero-order valence-corrected chi connectivity index (χ0v) is 17.0. The number of carbonyl (C=O) groups is 3. The van der Waals surface area contributed by atoms with Crippen LogP contribution in [0.1, 0.15) is 37.9 Å². The van der Waals surface area contributed by atoms with E-state index in [1.807, 2.05) is 39.0 Å². The Bertz CT molecular complexity index is 714. The van der Waals surface area contributed by atoms with E-state index < -0.39 is 17.9 Å². The Morgan fingerprint density at radius 2 is 1.71 bits per heavy atom. The van der Waals surface area contributed by atoms with E-state index >= 15 is 0 Å². The standard InChI is InChI=1S/C20H29N3O5/c1-5-27-17-8-7-14(3)13-16(17)15(4)21-18(24)19(25)22-9-11-23(12-10-22)20(26)28-6-2/h7-8,13,15H,5-6,9-12H2,1-4H3,(H,21,24). The van der Waals surface area contributed by atoms with Crippen molar-refractivity contribution >= 4 is 17.9 Å². The van der Waals surface area contributed by atoms with Gasteiger partial charge in [-0.25, -0.2) is 4.79 Å². The highest BCUT2D eigenvalue weighted by Crippen LogP contribution is 2.26. The summed E-state index contributed by atoms with van der Waals surface area (Å²) in [6.45, 7) is 9.53. The van der Waals surface area contributed by atoms with Gasteiger partial charge in [0, 0.05) is 31.7 Å². The first kappa shape index (κ1) is 21.5. The maximum absolute atomic E-state index is 12.5. The fourth-order valence-corrected chi connectivity index (χ4v) is 3.08. The lowest BCUT2D eigenvalue weighted by Gasteiger charge is -2.33. The van der Waals surface area contributed by atoms with Crippen molar-refractivity contribution in [3.63, 3.8) is 0 Å². The Balaban J connectivity index is 1.95. The number of hydrogen-bond acceptors (Lipinski definition) is 5. The molecule has 3 amide bonds. The van der Waals surface area contributed by atoms with Gasteiger partial charge in [0.25, 0.3) is 0 Å². The number of nitrogens with one attached hydrogen (secondary N) is 1. The largest absolute Gasteiger partial charge is 0.494 e. The molecule has 0 spiro atoms. The molecule has 1 heterocycles. The molecular formula is C20H29N3O5. The Labute approximate surface area is 165 Å². The number of nitrogens with zero attached hydrogens (tertiary/aromatic N) is 2. The van der Waals surface area contributed by atoms with E-state index in [2.05, 4.69) is 5.32 Å². The number of piperazine rings is 1. The van der Waals surface area contributed by atoms with Crippen molar-refractivity contribution in [2.75, 3.05) is 39.4 Å². The summed E-state index contributed by atoms with van der Waals surface area (Å²) in [5.74, 6) is -0.571. The zero-order valence-electron chi connectivity index (χ0n) is 17.0. The summed E-state index contributed by atoms with van der Waals surface area (Å²) in [6, 6.07) is 5.38. The maximum atomic E-state index is 12.5. The number of carbonyl (C=O) groups excluding carboxylic acids is 3. The van der Waals surface area contributed by atoms with Crippen LogP contribution in [0.3, 0.4) is 0 Å². The van der Waals surface area contributed by atoms with Crippen LogP contribution >= 0.6 is 0 Å². The number of aryl methyl sites for hydroxylation is 1. The van der Waals surface area contributed by atoms with Gasteiger partial charge in [-0.1, -0.05) is 17.7 Å². The van der Waals surface area contributed by atoms with Crippen molar-refractivity contribution in [3.05, 3.63) is 29.3 Å². The number of ether oxygens (including phenoxy) is 2. The Hall–Kier alpha value is -2.77. The van der Waals surface area contributed by atoms with Gasteiger partial charge in [-0.3, -0.25) is 9.59 Å². The number of amides is 3. The first-order chi connectivity index (χ1) is 13.4. The Kier molecular flexibility index (Phi) is 7.66. The molecule has 0 radical (unpaired) electrons. The van der Waals surface area contributed by atoms with Crippen LogP contribution in [0.2, 0.25) is 0 Å². The lowest BCUT2D eigenvalue weighted by atomic mass is 10.0. The Morgan fingerprint density at radius 3 is 2.32 bits per heavy atom. The van der Waals surface area contributed by atoms with Crippen molar-refractivity contribution in [2.45, 2.75) is 33.7 Å². The topological polar surface area (TPSA) is 88.2 Å². The number of benzene rings is 1. The summed E-state index contributed by atoms with van der Waals surface area (Å²) in [5.41, 5.74) is 1.87. The van der Waals surface area contributed by atoms with Crippen LogP contribution in [0.25, 0.3) is 0 Å². The van der Waals surface area contributed by atoms with Crippen molar-refractivity contribution in [2.24, 2.45) is 0 Å². The highest BCUT2D eigenvalue weighted by Gasteiger charge is 2.29. The normalized spacial score (nSPS) is 15.0. The Morgan fingerprint density at radius 1 is 1.07 bits per heavy atom. The van der Waals surface area contributed by atoms with E-state index in [9.17, 15) is 14.4 Å². The summed E-state index contributed by atoms with van der Waals surface area (Å²) in [4.78, 5) is 39.7. The maximum Gasteiger partial charge on any atom is 0.409 e. The molecule has 1 aliphatic heterocycles. The van der Waals surface area contributed by atoms with Crippen molar-refractivity contribution in [3.8, 4) is 5.75 Å². The predicted molar refractivity (Wildman–Crippen MR) is 104 cm³/mol. The van der Waals surface area contributed by atoms with E-state index in [-0.39, 0.29) is 6.04 Å². The predicted octanol–water partition coefficient (Wildman–Crippen LogP) is 1.87. The fraction of sp³-hybridized carbons (Fsp3) is 0.550. The summed E-state index contributed by atoms with van der Waals surface area (Å²) in [7, 11) is 0. The second kappa shape index (κ2) is 9.96. The molecule has 1 saturated heterocycles. The third-order valence-electron chi connectivity index (χ3n) is 4.57. The van der Waals surface area contributed by atoms with Gasteiger partial charge in [0.15, 0.2) is 0 Å². The molecule has 0 saturated carbocycles. The molecule has 1 unspecified atom stereocenters. The lowest BCUT2D eigenvalue weighted by molar-refractivity contribution is -0.147. The second-order valence-electron chi connectivity index (χ2n) is 6.65. The van der Waals surface area contributed by atoms with Crippen molar-refractivity contribution in [1.29, 1.82) is 0 Å². The van der Waals surface area contributed by atoms with E-state index in [1.165, 1.54) is 9.80 Å². The second-order valence-corrected chi connectivity index (χ2v) is 6.65. The van der Waals surface area contributed by atoms with Crippen LogP contribution in [0.5, 0.6) is 5.75 Å². The van der Waals surface area contributed by atoms with Gasteiger partial charge >= 0.3 is 17.9 Å². The fourth-order valence-electron chi connectivity index (χ4n) is 3.08. The smallest absolute Gasteiger partial charge is 0.409 e. The average molecular weight is 391 g/mol. The molecule has 1 N–H and O–H groups in total. The summed E-state index contributed by atoms with van der Waals surface area (Å²) < 4.78 is 10.6. The molecule has 1 aromatic rings. The van der Waals surface area contributed by atoms with Gasteiger partial charge in [0.05, 0.1) is 19.3 Å². The molecule has 1 fully saturated rings. The van der Waals surface area contributed by atoms with Crippen LogP contribution in [-0.4, -0.2) is 67.1 Å². The lowest BCUT2D eigenvalue weighted by Crippen LogP contribution is -2.54. The summed E-state index contributed by atoms with van der Waals surface area (Å²) in [6.07, 6.45) is -0.393. The van der Waals surface area contributed by atoms with Crippen molar-refractivity contribution in [1.82, 2.24) is 15.1 Å². The molecule has 8 nitrogen and oxygen atoms in total. The molecule has 8 heteroatoms. The molecule has 1 aliphatic rings. The first-order valence-electron chi connectivity index (χ1n) is 9.62. The summed E-state index contributed by atoms with van der Waals surface area (Å²) in [5, 5.41) is 2.76. The molecule has 1 aromatic carbocycles. The van der Waals surface area contributed by atoms with E-state index in [1.54, 1.807) is 6.92 Å². The molecule has 0 bridgehead atoms. The van der Waals surface area contributed by atoms with Crippen LogP contribution in [0, 0.1) is 6.92 Å². The number of hydrogen-bond donors (Lipinski definition) is 1. The van der Waals surface area contributed by atoms with Gasteiger partial charge in [-0.2, -0.15) is 0 Å². The van der Waals surface area contributed by atoms with E-state index in [0.717, 1.165) is 11.1 Å². The zero-order chi connectivity index (χ0) is 20.7. The van der Waals surface area contributed by atoms with Gasteiger partial charge in [0.1, 0.15) is 5.75 Å². The SMILES string of the molecule is CCOC(=O)N1CCN(C(=O)C(=O)NC(C)c2cc(C)ccc2OCC)CC1. The molecule has 154 valence electrons. The third kappa shape index (κ3) is 5.37. The van der Waals surface area contributed by atoms with Gasteiger partial charge in [0.2, 0.25) is 0 Å². The monoisotopic (exact) mass is 391 g/mol. The first-order valence-corrected chi connectivity index (χ1v) is 9.62. The molecule has 1 atom stereocenters. The molecule has 28 heavy (non-hydrogen) atoms. The minimum atomic E-state index is -0.666. The van der Waals surface area contributed by atoms with Crippen LogP contribution in [0.15, 0.2) is 18.2 Å². The van der Waals surface area contributed by atoms with Crippen LogP contribution in [-0.2, 0) is 14.3 Å². The minimum absolute atomic E-state index is 0.300. The highest BCUT2D eigenvalue weighted by atomic mass is 16.6.